The Morgan fingerprint density at radius 3 is 2.27 bits per heavy atom. The van der Waals surface area contributed by atoms with Crippen molar-refractivity contribution in [3.05, 3.63) is 131 Å². The predicted octanol–water partition coefficient (Wildman–Crippen LogP) is 9.44. The van der Waals surface area contributed by atoms with Crippen molar-refractivity contribution in [1.29, 1.82) is 0 Å². The molecule has 0 fully saturated rings. The van der Waals surface area contributed by atoms with Gasteiger partial charge in [-0.3, -0.25) is 4.99 Å². The van der Waals surface area contributed by atoms with Gasteiger partial charge in [-0.05, 0) is 90.0 Å². The summed E-state index contributed by atoms with van der Waals surface area (Å²) in [4.78, 5) is 4.62. The molecule has 0 saturated carbocycles. The first-order valence-corrected chi connectivity index (χ1v) is 16.1. The van der Waals surface area contributed by atoms with Crippen molar-refractivity contribution < 1.29 is 5.11 Å². The highest BCUT2D eigenvalue weighted by Crippen LogP contribution is 2.41. The van der Waals surface area contributed by atoms with E-state index in [1.54, 1.807) is 0 Å². The third-order valence-corrected chi connectivity index (χ3v) is 8.01. The smallest absolute Gasteiger partial charge is 0.155 e. The van der Waals surface area contributed by atoms with E-state index in [9.17, 15) is 5.11 Å². The van der Waals surface area contributed by atoms with Crippen LogP contribution in [0, 0.1) is 6.92 Å². The highest BCUT2D eigenvalue weighted by Gasteiger charge is 2.38. The Morgan fingerprint density at radius 1 is 0.909 bits per heavy atom. The van der Waals surface area contributed by atoms with E-state index in [-0.39, 0.29) is 0 Å². The minimum Gasteiger partial charge on any atom is -0.375 e. The molecule has 5 aromatic rings. The van der Waals surface area contributed by atoms with E-state index in [2.05, 4.69) is 104 Å². The fraction of sp³-hybridized carbons (Fsp3) is 0.325. The Labute approximate surface area is 265 Å². The maximum absolute atomic E-state index is 13.0. The predicted molar refractivity (Wildman–Crippen MR) is 190 cm³/mol. The van der Waals surface area contributed by atoms with Gasteiger partial charge in [0.15, 0.2) is 5.60 Å². The molecule has 4 heteroatoms. The minimum atomic E-state index is -1.34. The van der Waals surface area contributed by atoms with Crippen molar-refractivity contribution in [2.75, 3.05) is 7.05 Å². The van der Waals surface area contributed by atoms with Gasteiger partial charge in [0, 0.05) is 32.2 Å². The Bertz CT molecular complexity index is 1770. The highest BCUT2D eigenvalue weighted by molar-refractivity contribution is 5.95. The average Bonchev–Trinajstić information content (AvgIpc) is 3.51. The molecule has 5 rings (SSSR count). The first-order valence-electron chi connectivity index (χ1n) is 16.1. The molecule has 232 valence electrons. The van der Waals surface area contributed by atoms with E-state index >= 15 is 0 Å². The number of benzene rings is 3. The topological polar surface area (TPSA) is 42.4 Å². The van der Waals surface area contributed by atoms with Crippen LogP contribution in [0.15, 0.2) is 96.6 Å². The quantitative estimate of drug-likeness (QED) is 0.192. The highest BCUT2D eigenvalue weighted by atomic mass is 16.3. The van der Waals surface area contributed by atoms with E-state index in [0.29, 0.717) is 0 Å². The number of nitrogens with zero attached hydrogens (tertiary/aromatic N) is 3. The van der Waals surface area contributed by atoms with Crippen LogP contribution in [-0.4, -0.2) is 21.3 Å². The van der Waals surface area contributed by atoms with Crippen LogP contribution in [0.2, 0.25) is 0 Å². The molecule has 2 heterocycles. The third-order valence-electron chi connectivity index (χ3n) is 8.01. The van der Waals surface area contributed by atoms with Gasteiger partial charge in [0.2, 0.25) is 0 Å². The molecule has 3 aromatic carbocycles. The maximum Gasteiger partial charge on any atom is 0.155 e. The normalized spacial score (nSPS) is 12.5. The summed E-state index contributed by atoms with van der Waals surface area (Å²) in [6, 6.07) is 27.5. The maximum atomic E-state index is 13.0. The second-order valence-corrected chi connectivity index (χ2v) is 10.6. The van der Waals surface area contributed by atoms with Gasteiger partial charge in [-0.2, -0.15) is 0 Å². The number of rotatable bonds is 8. The van der Waals surface area contributed by atoms with Gasteiger partial charge >= 0.3 is 0 Å². The van der Waals surface area contributed by atoms with Gasteiger partial charge in [0.1, 0.15) is 5.49 Å². The molecular weight excluding hydrogens is 538 g/mol. The van der Waals surface area contributed by atoms with E-state index in [1.807, 2.05) is 70.8 Å². The summed E-state index contributed by atoms with van der Waals surface area (Å²) in [6.45, 7) is 19.2. The summed E-state index contributed by atoms with van der Waals surface area (Å²) >= 11 is 0. The van der Waals surface area contributed by atoms with Crippen molar-refractivity contribution in [2.24, 2.45) is 12.0 Å². The second-order valence-electron chi connectivity index (χ2n) is 10.6. The largest absolute Gasteiger partial charge is 0.375 e. The fourth-order valence-electron chi connectivity index (χ4n) is 6.04. The van der Waals surface area contributed by atoms with Crippen LogP contribution >= 0.6 is 0 Å². The van der Waals surface area contributed by atoms with Crippen molar-refractivity contribution in [2.45, 2.75) is 73.5 Å². The summed E-state index contributed by atoms with van der Waals surface area (Å²) in [5.41, 5.74) is 8.89. The van der Waals surface area contributed by atoms with Gasteiger partial charge < -0.3 is 14.2 Å². The Balaban J connectivity index is 0.00000127. The molecule has 0 aliphatic rings. The van der Waals surface area contributed by atoms with Crippen LogP contribution in [-0.2, 0) is 25.6 Å². The fourth-order valence-corrected chi connectivity index (χ4v) is 6.04. The standard InChI is InChI=1S/C36H39N3O.2C2H6/c1-7-12-28-21-25(4)16-18-32(28)36(40,34-15-11-20-38(34)6)29-17-19-33-31(23-29)30(24-35(37-5)39(33)9-3)27-14-10-13-26(8-2)22-27;2*1-2/h8,10-11,13-24,40H,2,7,9,12H2,1,3-6H3;2*1-2H3. The van der Waals surface area contributed by atoms with Crippen molar-refractivity contribution in [1.82, 2.24) is 9.13 Å². The Morgan fingerprint density at radius 2 is 1.66 bits per heavy atom. The first kappa shape index (κ1) is 34.3. The SMILES string of the molecule is C=Cc1cccc(-c2cc(=NC)n(CC)c3ccc(C(O)(c4ccc(C)cc4CCC)c4cccn4C)cc23)c1.CC.CC. The summed E-state index contributed by atoms with van der Waals surface area (Å²) in [5.74, 6) is 0. The molecule has 1 N–H and O–H groups in total. The molecule has 1 unspecified atom stereocenters. The van der Waals surface area contributed by atoms with Gasteiger partial charge in [0.25, 0.3) is 0 Å². The van der Waals surface area contributed by atoms with Gasteiger partial charge in [-0.15, -0.1) is 0 Å². The van der Waals surface area contributed by atoms with Gasteiger partial charge in [-0.25, -0.2) is 0 Å². The van der Waals surface area contributed by atoms with E-state index in [4.69, 9.17) is 0 Å². The molecule has 0 radical (unpaired) electrons. The van der Waals surface area contributed by atoms with E-state index in [1.165, 1.54) is 11.1 Å². The van der Waals surface area contributed by atoms with Crippen LogP contribution in [0.4, 0.5) is 0 Å². The van der Waals surface area contributed by atoms with Crippen LogP contribution in [0.25, 0.3) is 28.1 Å². The first-order chi connectivity index (χ1) is 21.3. The lowest BCUT2D eigenvalue weighted by Gasteiger charge is -2.33. The third kappa shape index (κ3) is 6.51. The van der Waals surface area contributed by atoms with E-state index < -0.39 is 5.60 Å². The second kappa shape index (κ2) is 15.5. The molecule has 0 bridgehead atoms. The number of aromatic nitrogens is 2. The van der Waals surface area contributed by atoms with Crippen molar-refractivity contribution in [3.8, 4) is 11.1 Å². The molecule has 0 aliphatic carbocycles. The Kier molecular flexibility index (Phi) is 12.1. The molecule has 0 spiro atoms. The summed E-state index contributed by atoms with van der Waals surface area (Å²) in [7, 11) is 3.84. The van der Waals surface area contributed by atoms with E-state index in [0.717, 1.165) is 69.3 Å². The zero-order valence-corrected chi connectivity index (χ0v) is 28.3. The van der Waals surface area contributed by atoms with Crippen molar-refractivity contribution >= 4 is 17.0 Å². The van der Waals surface area contributed by atoms with Crippen LogP contribution < -0.4 is 5.49 Å². The summed E-state index contributed by atoms with van der Waals surface area (Å²) in [6.07, 6.45) is 5.77. The lowest BCUT2D eigenvalue weighted by atomic mass is 9.79. The molecule has 0 amide bonds. The average molecular weight is 590 g/mol. The molecule has 44 heavy (non-hydrogen) atoms. The number of fused-ring (bicyclic) bond motifs is 1. The van der Waals surface area contributed by atoms with Crippen LogP contribution in [0.1, 0.15) is 81.5 Å². The zero-order valence-electron chi connectivity index (χ0n) is 28.3. The molecule has 0 aliphatic heterocycles. The number of aliphatic hydroxyl groups is 1. The lowest BCUT2D eigenvalue weighted by Crippen LogP contribution is -2.32. The molecule has 2 aromatic heterocycles. The Hall–Kier alpha value is -4.15. The summed E-state index contributed by atoms with van der Waals surface area (Å²) in [5, 5.41) is 14.0. The number of hydrogen-bond donors (Lipinski definition) is 1. The van der Waals surface area contributed by atoms with Gasteiger partial charge in [0.05, 0.1) is 11.2 Å². The number of aryl methyl sites for hydroxylation is 4. The molecular formula is C40H51N3O. The molecule has 0 saturated heterocycles. The summed E-state index contributed by atoms with van der Waals surface area (Å²) < 4.78 is 4.26. The van der Waals surface area contributed by atoms with Crippen LogP contribution in [0.3, 0.4) is 0 Å². The monoisotopic (exact) mass is 589 g/mol. The lowest BCUT2D eigenvalue weighted by molar-refractivity contribution is 0.116. The van der Waals surface area contributed by atoms with Crippen LogP contribution in [0.5, 0.6) is 0 Å². The minimum absolute atomic E-state index is 0.788. The zero-order chi connectivity index (χ0) is 32.4. The number of pyridine rings is 1. The van der Waals surface area contributed by atoms with Crippen molar-refractivity contribution in [3.63, 3.8) is 0 Å². The molecule has 1 atom stereocenters. The number of hydrogen-bond acceptors (Lipinski definition) is 2. The molecule has 4 nitrogen and oxygen atoms in total. The van der Waals surface area contributed by atoms with Gasteiger partial charge in [-0.1, -0.05) is 102 Å².